The number of nitrogens with zero attached hydrogens (tertiary/aromatic N) is 2. The molecule has 2 aliphatic rings. The van der Waals surface area contributed by atoms with Gasteiger partial charge < -0.3 is 10.1 Å². The molecule has 1 saturated carbocycles. The van der Waals surface area contributed by atoms with Crippen molar-refractivity contribution in [2.45, 2.75) is 77.7 Å². The van der Waals surface area contributed by atoms with E-state index in [1.165, 1.54) is 0 Å². The Morgan fingerprint density at radius 2 is 2.12 bits per heavy atom. The molecule has 5 nitrogen and oxygen atoms in total. The van der Waals surface area contributed by atoms with E-state index in [2.05, 4.69) is 59.7 Å². The number of anilines is 2. The van der Waals surface area contributed by atoms with Crippen LogP contribution in [-0.2, 0) is 22.0 Å². The van der Waals surface area contributed by atoms with E-state index in [4.69, 9.17) is 4.74 Å². The van der Waals surface area contributed by atoms with Gasteiger partial charge in [-0.1, -0.05) is 38.4 Å². The summed E-state index contributed by atoms with van der Waals surface area (Å²) in [5, 5.41) is 10.8. The van der Waals surface area contributed by atoms with Gasteiger partial charge >= 0.3 is 0 Å². The number of benzene rings is 1. The van der Waals surface area contributed by atoms with E-state index >= 15 is 0 Å². The lowest BCUT2D eigenvalue weighted by molar-refractivity contribution is 0.186. The number of allylic oxidation sites excluding steroid dienone is 4. The first-order chi connectivity index (χ1) is 16.2. The lowest BCUT2D eigenvalue weighted by Gasteiger charge is -2.26. The molecule has 0 saturated heterocycles. The Kier molecular flexibility index (Phi) is 7.31. The third-order valence-corrected chi connectivity index (χ3v) is 8.24. The van der Waals surface area contributed by atoms with Crippen molar-refractivity contribution in [3.05, 3.63) is 58.9 Å². The molecule has 2 N–H and O–H groups in total. The number of fused-ring (bicyclic) bond motifs is 1. The Morgan fingerprint density at radius 1 is 1.32 bits per heavy atom. The zero-order valence-electron chi connectivity index (χ0n) is 21.2. The van der Waals surface area contributed by atoms with E-state index in [1.54, 1.807) is 6.07 Å². The first kappa shape index (κ1) is 24.7. The van der Waals surface area contributed by atoms with Crippen molar-refractivity contribution in [3.8, 4) is 0 Å². The van der Waals surface area contributed by atoms with Gasteiger partial charge in [0, 0.05) is 39.5 Å². The van der Waals surface area contributed by atoms with Gasteiger partial charge in [-0.3, -0.25) is 9.46 Å². The predicted octanol–water partition coefficient (Wildman–Crippen LogP) is 7.74. The van der Waals surface area contributed by atoms with Crippen molar-refractivity contribution in [3.63, 3.8) is 0 Å². The number of aromatic amines is 1. The maximum Gasteiger partial charge on any atom is 0.152 e. The van der Waals surface area contributed by atoms with Crippen LogP contribution < -0.4 is 5.32 Å². The highest BCUT2D eigenvalue weighted by molar-refractivity contribution is 7.86. The largest absolute Gasteiger partial charge is 0.466 e. The third-order valence-electron chi connectivity index (χ3n) is 6.70. The van der Waals surface area contributed by atoms with Gasteiger partial charge in [0.15, 0.2) is 11.6 Å². The SMILES string of the molecule is C/C=C(\O/C(=C/CC)C1CCC(c2cc(Nc3ccc4c(c3F)CN=S4C)n[nH]2)C1)C(C)(C)C. The zero-order chi connectivity index (χ0) is 24.5. The fourth-order valence-electron chi connectivity index (χ4n) is 4.89. The van der Waals surface area contributed by atoms with Crippen LogP contribution >= 0.6 is 0 Å². The summed E-state index contributed by atoms with van der Waals surface area (Å²) in [6.45, 7) is 11.2. The molecule has 1 aromatic carbocycles. The molecule has 3 atom stereocenters. The molecule has 0 spiro atoms. The van der Waals surface area contributed by atoms with Crippen molar-refractivity contribution in [2.75, 3.05) is 11.6 Å². The molecule has 2 heterocycles. The molecule has 34 heavy (non-hydrogen) atoms. The van der Waals surface area contributed by atoms with Crippen LogP contribution in [0.15, 0.2) is 51.1 Å². The number of aromatic nitrogens is 2. The highest BCUT2D eigenvalue weighted by Gasteiger charge is 2.32. The zero-order valence-corrected chi connectivity index (χ0v) is 22.0. The van der Waals surface area contributed by atoms with E-state index in [1.807, 2.05) is 25.3 Å². The second-order valence-electron chi connectivity index (χ2n) is 10.2. The van der Waals surface area contributed by atoms with Crippen LogP contribution in [0.3, 0.4) is 0 Å². The van der Waals surface area contributed by atoms with Gasteiger partial charge in [-0.05, 0) is 63.1 Å². The topological polar surface area (TPSA) is 62.3 Å². The number of rotatable bonds is 7. The van der Waals surface area contributed by atoms with Gasteiger partial charge in [-0.25, -0.2) is 4.39 Å². The molecular formula is C27H37FN4OS. The predicted molar refractivity (Wildman–Crippen MR) is 139 cm³/mol. The van der Waals surface area contributed by atoms with Gasteiger partial charge in [0.1, 0.15) is 11.5 Å². The molecule has 0 amide bonds. The third kappa shape index (κ3) is 5.14. The average Bonchev–Trinajstić information content (AvgIpc) is 3.52. The molecule has 0 bridgehead atoms. The van der Waals surface area contributed by atoms with E-state index < -0.39 is 0 Å². The summed E-state index contributed by atoms with van der Waals surface area (Å²) in [4.78, 5) is 1.01. The fraction of sp³-hybridized carbons (Fsp3) is 0.519. The Hall–Kier alpha value is -2.41. The Balaban J connectivity index is 1.43. The Bertz CT molecular complexity index is 1140. The van der Waals surface area contributed by atoms with E-state index in [0.29, 0.717) is 35.4 Å². The van der Waals surface area contributed by atoms with Crippen LogP contribution in [0.4, 0.5) is 15.9 Å². The summed E-state index contributed by atoms with van der Waals surface area (Å²) in [7, 11) is -0.212. The molecule has 7 heteroatoms. The quantitative estimate of drug-likeness (QED) is 0.395. The summed E-state index contributed by atoms with van der Waals surface area (Å²) in [5.41, 5.74) is 2.23. The molecular weight excluding hydrogens is 447 g/mol. The van der Waals surface area contributed by atoms with Gasteiger partial charge in [0.25, 0.3) is 0 Å². The number of nitrogens with one attached hydrogen (secondary N) is 2. The summed E-state index contributed by atoms with van der Waals surface area (Å²) in [6, 6.07) is 5.80. The van der Waals surface area contributed by atoms with Crippen LogP contribution in [-0.4, -0.2) is 16.5 Å². The minimum Gasteiger partial charge on any atom is -0.466 e. The van der Waals surface area contributed by atoms with Crippen molar-refractivity contribution in [2.24, 2.45) is 15.7 Å². The lowest BCUT2D eigenvalue weighted by atomic mass is 9.93. The lowest BCUT2D eigenvalue weighted by Crippen LogP contribution is -2.15. The van der Waals surface area contributed by atoms with Crippen LogP contribution in [0.25, 0.3) is 0 Å². The molecule has 2 aromatic rings. The number of halogens is 1. The van der Waals surface area contributed by atoms with E-state index in [0.717, 1.165) is 47.8 Å². The minimum absolute atomic E-state index is 0.0249. The van der Waals surface area contributed by atoms with Crippen molar-refractivity contribution in [1.82, 2.24) is 10.2 Å². The van der Waals surface area contributed by atoms with Crippen LogP contribution in [0, 0.1) is 17.2 Å². The van der Waals surface area contributed by atoms with Crippen LogP contribution in [0.5, 0.6) is 0 Å². The normalized spacial score (nSPS) is 23.1. The molecule has 1 fully saturated rings. The van der Waals surface area contributed by atoms with Crippen molar-refractivity contribution < 1.29 is 9.13 Å². The number of ether oxygens (including phenoxy) is 1. The summed E-state index contributed by atoms with van der Waals surface area (Å²) >= 11 is 0. The maximum atomic E-state index is 15.0. The molecule has 0 radical (unpaired) electrons. The highest BCUT2D eigenvalue weighted by Crippen LogP contribution is 2.43. The molecule has 1 aromatic heterocycles. The number of hydrogen-bond acceptors (Lipinski definition) is 4. The van der Waals surface area contributed by atoms with Gasteiger partial charge in [-0.2, -0.15) is 5.10 Å². The average molecular weight is 485 g/mol. The second-order valence-corrected chi connectivity index (χ2v) is 11.9. The number of H-pyrrole nitrogens is 1. The summed E-state index contributed by atoms with van der Waals surface area (Å²) in [6.07, 6.45) is 10.5. The van der Waals surface area contributed by atoms with E-state index in [-0.39, 0.29) is 21.9 Å². The van der Waals surface area contributed by atoms with Gasteiger partial charge in [-0.15, -0.1) is 0 Å². The first-order valence-corrected chi connectivity index (χ1v) is 13.8. The maximum absolute atomic E-state index is 15.0. The standard InChI is InChI=1S/C27H37FN4OS/c1-7-9-22(33-24(8-2)27(3,4)5)18-11-10-17(14-18)21-15-25(32-31-21)30-20-12-13-23-19(26(20)28)16-29-34(23)6/h8-9,12-13,15,17-18H,7,10-11,14,16H2,1-6H3,(H2,30,31,32)/b22-9+,24-8-. The second kappa shape index (κ2) is 10.1. The van der Waals surface area contributed by atoms with E-state index in [9.17, 15) is 4.39 Å². The van der Waals surface area contributed by atoms with Crippen molar-refractivity contribution in [1.29, 1.82) is 0 Å². The fourth-order valence-corrected chi connectivity index (χ4v) is 6.13. The highest BCUT2D eigenvalue weighted by atomic mass is 32.2. The minimum atomic E-state index is -0.214. The monoisotopic (exact) mass is 484 g/mol. The van der Waals surface area contributed by atoms with Gasteiger partial charge in [0.05, 0.1) is 12.2 Å². The summed E-state index contributed by atoms with van der Waals surface area (Å²) in [5.74, 6) is 3.31. The molecule has 3 unspecified atom stereocenters. The Morgan fingerprint density at radius 3 is 2.82 bits per heavy atom. The summed E-state index contributed by atoms with van der Waals surface area (Å²) < 4.78 is 25.9. The smallest absolute Gasteiger partial charge is 0.152 e. The first-order valence-electron chi connectivity index (χ1n) is 12.2. The Labute approximate surface area is 205 Å². The molecule has 4 rings (SSSR count). The van der Waals surface area contributed by atoms with Crippen LogP contribution in [0.2, 0.25) is 0 Å². The number of hydrogen-bond donors (Lipinski definition) is 2. The van der Waals surface area contributed by atoms with Gasteiger partial charge in [0.2, 0.25) is 0 Å². The molecule has 1 aliphatic heterocycles. The molecule has 184 valence electrons. The van der Waals surface area contributed by atoms with Crippen LogP contribution in [0.1, 0.15) is 77.5 Å². The molecule has 1 aliphatic carbocycles. The van der Waals surface area contributed by atoms with Crippen molar-refractivity contribution >= 4 is 22.2 Å².